The zero-order chi connectivity index (χ0) is 12.5. The Bertz CT molecular complexity index is 704. The third-order valence-electron chi connectivity index (χ3n) is 2.85. The summed E-state index contributed by atoms with van der Waals surface area (Å²) < 4.78 is 5.04. The molecule has 4 heteroatoms. The van der Waals surface area contributed by atoms with E-state index in [2.05, 4.69) is 16.0 Å². The number of methoxy groups -OCH3 is 1. The van der Waals surface area contributed by atoms with Crippen molar-refractivity contribution in [2.75, 3.05) is 7.11 Å². The van der Waals surface area contributed by atoms with Crippen molar-refractivity contribution in [1.29, 1.82) is 0 Å². The number of hydrogen-bond donors (Lipinski definition) is 2. The average molecular weight is 239 g/mol. The Kier molecular flexibility index (Phi) is 2.41. The summed E-state index contributed by atoms with van der Waals surface area (Å²) in [7, 11) is 1.55. The number of benzene rings is 1. The number of fused-ring (bicyclic) bond motifs is 1. The number of ether oxygens (including phenoxy) is 1. The van der Waals surface area contributed by atoms with Gasteiger partial charge in [-0.3, -0.25) is 0 Å². The van der Waals surface area contributed by atoms with Crippen molar-refractivity contribution in [2.45, 2.75) is 0 Å². The van der Waals surface area contributed by atoms with Crippen LogP contribution in [0.3, 0.4) is 0 Å². The Morgan fingerprint density at radius 2 is 2.33 bits per heavy atom. The summed E-state index contributed by atoms with van der Waals surface area (Å²) in [5.74, 6) is 0.716. The molecule has 0 saturated carbocycles. The minimum absolute atomic E-state index is 0.138. The second-order valence-corrected chi connectivity index (χ2v) is 3.90. The molecule has 0 aliphatic heterocycles. The predicted octanol–water partition coefficient (Wildman–Crippen LogP) is 2.74. The van der Waals surface area contributed by atoms with E-state index < -0.39 is 0 Å². The van der Waals surface area contributed by atoms with E-state index in [1.807, 2.05) is 18.3 Å². The van der Waals surface area contributed by atoms with Crippen molar-refractivity contribution in [2.24, 2.45) is 0 Å². The highest BCUT2D eigenvalue weighted by molar-refractivity contribution is 5.94. The van der Waals surface area contributed by atoms with Gasteiger partial charge in [0.05, 0.1) is 7.11 Å². The minimum Gasteiger partial charge on any atom is -0.507 e. The van der Waals surface area contributed by atoms with Crippen LogP contribution in [0.15, 0.2) is 36.7 Å². The highest BCUT2D eigenvalue weighted by Gasteiger charge is 2.11. The first kappa shape index (κ1) is 10.7. The summed E-state index contributed by atoms with van der Waals surface area (Å²) in [5.41, 5.74) is 2.30. The summed E-state index contributed by atoms with van der Waals surface area (Å²) in [6.07, 6.45) is 3.54. The molecule has 4 nitrogen and oxygen atoms in total. The molecule has 0 fully saturated rings. The molecule has 2 N–H and O–H groups in total. The van der Waals surface area contributed by atoms with E-state index in [0.29, 0.717) is 11.3 Å². The van der Waals surface area contributed by atoms with Crippen molar-refractivity contribution in [3.63, 3.8) is 0 Å². The van der Waals surface area contributed by atoms with Crippen LogP contribution in [0.1, 0.15) is 0 Å². The highest BCUT2D eigenvalue weighted by Crippen LogP contribution is 2.35. The predicted molar refractivity (Wildman–Crippen MR) is 68.6 cm³/mol. The molecule has 0 aliphatic rings. The van der Waals surface area contributed by atoms with Gasteiger partial charge < -0.3 is 14.8 Å². The lowest BCUT2D eigenvalue weighted by molar-refractivity contribution is 0.408. The highest BCUT2D eigenvalue weighted by atomic mass is 16.5. The zero-order valence-electron chi connectivity index (χ0n) is 9.77. The van der Waals surface area contributed by atoms with Gasteiger partial charge in [-0.2, -0.15) is 0 Å². The van der Waals surface area contributed by atoms with Crippen LogP contribution in [-0.2, 0) is 0 Å². The van der Waals surface area contributed by atoms with Crippen LogP contribution in [-0.4, -0.2) is 22.2 Å². The number of nitrogens with one attached hydrogen (secondary N) is 1. The second kappa shape index (κ2) is 4.07. The standard InChI is InChI=1S/C14H11N2O2/c1-18-9-4-5-10(13(17)7-9)12-8-16-14-11(12)3-2-6-15-14/h2-4,6-8,17H,1H3,(H,15,16). The SMILES string of the molecule is COc1c[c]c(-c2c[nH]c3ncccc23)c(O)c1. The third kappa shape index (κ3) is 1.59. The molecule has 18 heavy (non-hydrogen) atoms. The van der Waals surface area contributed by atoms with Crippen molar-refractivity contribution in [3.05, 3.63) is 42.7 Å². The first-order chi connectivity index (χ1) is 8.79. The van der Waals surface area contributed by atoms with Crippen LogP contribution >= 0.6 is 0 Å². The van der Waals surface area contributed by atoms with Crippen molar-refractivity contribution >= 4 is 11.0 Å². The second-order valence-electron chi connectivity index (χ2n) is 3.90. The summed E-state index contributed by atoms with van der Waals surface area (Å²) in [4.78, 5) is 7.28. The van der Waals surface area contributed by atoms with Crippen LogP contribution in [0, 0.1) is 6.07 Å². The average Bonchev–Trinajstić information content (AvgIpc) is 2.82. The molecular weight excluding hydrogens is 228 g/mol. The maximum Gasteiger partial charge on any atom is 0.137 e. The molecule has 0 unspecified atom stereocenters. The van der Waals surface area contributed by atoms with Crippen molar-refractivity contribution in [3.8, 4) is 22.6 Å². The number of rotatable bonds is 2. The Morgan fingerprint density at radius 3 is 3.11 bits per heavy atom. The number of phenols is 1. The molecule has 0 saturated heterocycles. The quantitative estimate of drug-likeness (QED) is 0.723. The van der Waals surface area contributed by atoms with Crippen LogP contribution < -0.4 is 4.74 Å². The maximum absolute atomic E-state index is 10.0. The monoisotopic (exact) mass is 239 g/mol. The Hall–Kier alpha value is -2.49. The van der Waals surface area contributed by atoms with E-state index in [1.54, 1.807) is 25.4 Å². The molecule has 0 atom stereocenters. The van der Waals surface area contributed by atoms with Gasteiger partial charge >= 0.3 is 0 Å². The number of phenolic OH excluding ortho intramolecular Hbond substituents is 1. The molecule has 0 aliphatic carbocycles. The fourth-order valence-electron chi connectivity index (χ4n) is 1.96. The van der Waals surface area contributed by atoms with Gasteiger partial charge in [-0.05, 0) is 24.3 Å². The lowest BCUT2D eigenvalue weighted by Gasteiger charge is -2.05. The van der Waals surface area contributed by atoms with Gasteiger partial charge in [0.2, 0.25) is 0 Å². The largest absolute Gasteiger partial charge is 0.507 e. The number of aromatic amines is 1. The van der Waals surface area contributed by atoms with E-state index in [4.69, 9.17) is 4.74 Å². The first-order valence-electron chi connectivity index (χ1n) is 5.51. The van der Waals surface area contributed by atoms with Gasteiger partial charge in [-0.15, -0.1) is 0 Å². The van der Waals surface area contributed by atoms with E-state index in [1.165, 1.54) is 0 Å². The summed E-state index contributed by atoms with van der Waals surface area (Å²) in [6, 6.07) is 10.1. The number of hydrogen-bond acceptors (Lipinski definition) is 3. The number of aromatic hydroxyl groups is 1. The zero-order valence-corrected chi connectivity index (χ0v) is 9.77. The fraction of sp³-hybridized carbons (Fsp3) is 0.0714. The Morgan fingerprint density at radius 1 is 1.44 bits per heavy atom. The molecule has 0 bridgehead atoms. The number of aromatic nitrogens is 2. The van der Waals surface area contributed by atoms with Gasteiger partial charge in [-0.25, -0.2) is 4.98 Å². The Labute approximate surface area is 104 Å². The molecule has 2 heterocycles. The molecule has 3 aromatic rings. The maximum atomic E-state index is 10.0. The Balaban J connectivity index is 2.20. The minimum atomic E-state index is 0.138. The molecule has 0 amide bonds. The molecule has 0 spiro atoms. The van der Waals surface area contributed by atoms with E-state index in [9.17, 15) is 5.11 Å². The number of nitrogens with zero attached hydrogens (tertiary/aromatic N) is 1. The van der Waals surface area contributed by atoms with Crippen LogP contribution in [0.2, 0.25) is 0 Å². The van der Waals surface area contributed by atoms with Gasteiger partial charge in [-0.1, -0.05) is 0 Å². The van der Waals surface area contributed by atoms with Crippen molar-refractivity contribution < 1.29 is 9.84 Å². The number of pyridine rings is 1. The third-order valence-corrected chi connectivity index (χ3v) is 2.85. The fourth-order valence-corrected chi connectivity index (χ4v) is 1.96. The van der Waals surface area contributed by atoms with Crippen LogP contribution in [0.5, 0.6) is 11.5 Å². The lowest BCUT2D eigenvalue weighted by atomic mass is 10.0. The van der Waals surface area contributed by atoms with Gasteiger partial charge in [0, 0.05) is 35.0 Å². The van der Waals surface area contributed by atoms with E-state index >= 15 is 0 Å². The van der Waals surface area contributed by atoms with Gasteiger partial charge in [0.25, 0.3) is 0 Å². The van der Waals surface area contributed by atoms with E-state index in [-0.39, 0.29) is 5.75 Å². The number of H-pyrrole nitrogens is 1. The van der Waals surface area contributed by atoms with Crippen LogP contribution in [0.25, 0.3) is 22.2 Å². The summed E-state index contributed by atoms with van der Waals surface area (Å²) in [5, 5.41) is 11.0. The van der Waals surface area contributed by atoms with E-state index in [0.717, 1.165) is 16.6 Å². The molecule has 89 valence electrons. The molecule has 3 rings (SSSR count). The molecule has 1 aromatic carbocycles. The summed E-state index contributed by atoms with van der Waals surface area (Å²) in [6.45, 7) is 0. The summed E-state index contributed by atoms with van der Waals surface area (Å²) >= 11 is 0. The normalized spacial score (nSPS) is 10.7. The van der Waals surface area contributed by atoms with Crippen molar-refractivity contribution in [1.82, 2.24) is 9.97 Å². The van der Waals surface area contributed by atoms with Crippen LogP contribution in [0.4, 0.5) is 0 Å². The first-order valence-corrected chi connectivity index (χ1v) is 5.51. The lowest BCUT2D eigenvalue weighted by Crippen LogP contribution is -1.84. The van der Waals surface area contributed by atoms with Gasteiger partial charge in [0.15, 0.2) is 0 Å². The van der Waals surface area contributed by atoms with Gasteiger partial charge in [0.1, 0.15) is 17.1 Å². The molecular formula is C14H11N2O2. The topological polar surface area (TPSA) is 58.1 Å². The molecule has 1 radical (unpaired) electrons. The molecule has 2 aromatic heterocycles. The smallest absolute Gasteiger partial charge is 0.137 e.